The van der Waals surface area contributed by atoms with E-state index >= 15 is 0 Å². The van der Waals surface area contributed by atoms with Crippen molar-refractivity contribution < 1.29 is 9.53 Å². The first-order valence-corrected chi connectivity index (χ1v) is 7.87. The van der Waals surface area contributed by atoms with Crippen molar-refractivity contribution >= 4 is 39.6 Å². The van der Waals surface area contributed by atoms with E-state index in [2.05, 4.69) is 15.6 Å². The van der Waals surface area contributed by atoms with Gasteiger partial charge in [0.25, 0.3) is 0 Å². The fourth-order valence-electron chi connectivity index (χ4n) is 1.90. The van der Waals surface area contributed by atoms with Crippen molar-refractivity contribution in [3.63, 3.8) is 0 Å². The predicted molar refractivity (Wildman–Crippen MR) is 92.4 cm³/mol. The predicted octanol–water partition coefficient (Wildman–Crippen LogP) is 3.03. The van der Waals surface area contributed by atoms with Gasteiger partial charge in [-0.25, -0.2) is 4.79 Å². The number of ether oxygens (including phenoxy) is 1. The lowest BCUT2D eigenvalue weighted by atomic mass is 10.1. The Kier molecular flexibility index (Phi) is 5.46. The topological polar surface area (TPSA) is 63.2 Å². The van der Waals surface area contributed by atoms with Gasteiger partial charge in [0.1, 0.15) is 5.00 Å². The van der Waals surface area contributed by atoms with E-state index in [-0.39, 0.29) is 5.97 Å². The quantitative estimate of drug-likeness (QED) is 0.661. The van der Waals surface area contributed by atoms with Crippen molar-refractivity contribution in [1.29, 1.82) is 0 Å². The molecule has 0 fully saturated rings. The largest absolute Gasteiger partial charge is 0.465 e. The molecule has 0 amide bonds. The SMILES string of the molecule is COC(=O)c1c(NC(=S)NCc2cccnc2)sc(C)c1C. The second-order valence-corrected chi connectivity index (χ2v) is 6.28. The summed E-state index contributed by atoms with van der Waals surface area (Å²) in [6.45, 7) is 4.43. The fraction of sp³-hybridized carbons (Fsp3) is 0.267. The third kappa shape index (κ3) is 3.80. The van der Waals surface area contributed by atoms with Crippen LogP contribution in [0.4, 0.5) is 5.00 Å². The number of aryl methyl sites for hydroxylation is 1. The average molecular weight is 335 g/mol. The average Bonchev–Trinajstić information content (AvgIpc) is 2.80. The van der Waals surface area contributed by atoms with Gasteiger partial charge in [0, 0.05) is 23.8 Å². The second kappa shape index (κ2) is 7.33. The van der Waals surface area contributed by atoms with Gasteiger partial charge in [-0.15, -0.1) is 11.3 Å². The second-order valence-electron chi connectivity index (χ2n) is 4.65. The highest BCUT2D eigenvalue weighted by molar-refractivity contribution is 7.80. The number of nitrogens with zero attached hydrogens (tertiary/aromatic N) is 1. The van der Waals surface area contributed by atoms with Gasteiger partial charge in [0.05, 0.1) is 12.7 Å². The van der Waals surface area contributed by atoms with E-state index in [4.69, 9.17) is 17.0 Å². The number of anilines is 1. The van der Waals surface area contributed by atoms with Gasteiger partial charge in [-0.1, -0.05) is 6.07 Å². The third-order valence-electron chi connectivity index (χ3n) is 3.18. The van der Waals surface area contributed by atoms with Gasteiger partial charge in [-0.3, -0.25) is 4.98 Å². The summed E-state index contributed by atoms with van der Waals surface area (Å²) in [4.78, 5) is 17.0. The molecule has 0 spiro atoms. The van der Waals surface area contributed by atoms with Gasteiger partial charge in [0.2, 0.25) is 0 Å². The zero-order valence-electron chi connectivity index (χ0n) is 12.6. The van der Waals surface area contributed by atoms with E-state index in [9.17, 15) is 4.79 Å². The minimum absolute atomic E-state index is 0.362. The van der Waals surface area contributed by atoms with E-state index in [1.165, 1.54) is 18.4 Å². The summed E-state index contributed by atoms with van der Waals surface area (Å²) in [6, 6.07) is 3.83. The number of hydrogen-bond donors (Lipinski definition) is 2. The Morgan fingerprint density at radius 1 is 1.45 bits per heavy atom. The van der Waals surface area contributed by atoms with Crippen LogP contribution in [0.2, 0.25) is 0 Å². The minimum atomic E-state index is -0.362. The summed E-state index contributed by atoms with van der Waals surface area (Å²) >= 11 is 6.76. The van der Waals surface area contributed by atoms with Crippen LogP contribution in [0.25, 0.3) is 0 Å². The number of pyridine rings is 1. The van der Waals surface area contributed by atoms with E-state index in [0.717, 1.165) is 16.0 Å². The van der Waals surface area contributed by atoms with Crippen LogP contribution in [-0.4, -0.2) is 23.2 Å². The molecule has 2 heterocycles. The first-order valence-electron chi connectivity index (χ1n) is 6.65. The normalized spacial score (nSPS) is 10.1. The maximum atomic E-state index is 11.9. The molecule has 116 valence electrons. The molecule has 0 aliphatic carbocycles. The molecule has 5 nitrogen and oxygen atoms in total. The molecule has 0 unspecified atom stereocenters. The number of carbonyl (C=O) groups excluding carboxylic acids is 1. The molecule has 0 radical (unpaired) electrons. The molecule has 7 heteroatoms. The Bertz CT molecular complexity index is 684. The summed E-state index contributed by atoms with van der Waals surface area (Å²) in [5, 5.41) is 7.32. The van der Waals surface area contributed by atoms with Gasteiger partial charge in [-0.05, 0) is 43.3 Å². The van der Waals surface area contributed by atoms with Crippen molar-refractivity contribution in [1.82, 2.24) is 10.3 Å². The van der Waals surface area contributed by atoms with Crippen LogP contribution < -0.4 is 10.6 Å². The molecule has 0 aliphatic heterocycles. The van der Waals surface area contributed by atoms with Crippen molar-refractivity contribution in [2.45, 2.75) is 20.4 Å². The number of hydrogen-bond acceptors (Lipinski definition) is 5. The summed E-state index contributed by atoms with van der Waals surface area (Å²) < 4.78 is 4.84. The number of nitrogens with one attached hydrogen (secondary N) is 2. The molecule has 2 aromatic rings. The maximum Gasteiger partial charge on any atom is 0.341 e. The van der Waals surface area contributed by atoms with E-state index in [1.807, 2.05) is 26.0 Å². The van der Waals surface area contributed by atoms with Crippen LogP contribution in [0.1, 0.15) is 26.4 Å². The summed E-state index contributed by atoms with van der Waals surface area (Å²) in [6.07, 6.45) is 3.49. The maximum absolute atomic E-state index is 11.9. The smallest absolute Gasteiger partial charge is 0.341 e. The minimum Gasteiger partial charge on any atom is -0.465 e. The van der Waals surface area contributed by atoms with Crippen LogP contribution in [0.15, 0.2) is 24.5 Å². The van der Waals surface area contributed by atoms with E-state index in [0.29, 0.717) is 22.2 Å². The number of thiocarbonyl (C=S) groups is 1. The number of esters is 1. The van der Waals surface area contributed by atoms with Crippen molar-refractivity contribution in [2.75, 3.05) is 12.4 Å². The Morgan fingerprint density at radius 3 is 2.86 bits per heavy atom. The van der Waals surface area contributed by atoms with Crippen molar-refractivity contribution in [3.8, 4) is 0 Å². The summed E-state index contributed by atoms with van der Waals surface area (Å²) in [5.41, 5.74) is 2.48. The highest BCUT2D eigenvalue weighted by atomic mass is 32.1. The lowest BCUT2D eigenvalue weighted by molar-refractivity contribution is 0.0601. The van der Waals surface area contributed by atoms with Crippen LogP contribution in [0.3, 0.4) is 0 Å². The molecule has 2 rings (SSSR count). The third-order valence-corrected chi connectivity index (χ3v) is 4.55. The molecule has 2 aromatic heterocycles. The molecule has 0 saturated heterocycles. The fourth-order valence-corrected chi connectivity index (χ4v) is 3.19. The van der Waals surface area contributed by atoms with Crippen LogP contribution >= 0.6 is 23.6 Å². The zero-order chi connectivity index (χ0) is 16.1. The Hall–Kier alpha value is -1.99. The molecule has 0 aromatic carbocycles. The summed E-state index contributed by atoms with van der Waals surface area (Å²) in [7, 11) is 1.37. The highest BCUT2D eigenvalue weighted by Gasteiger charge is 2.20. The number of methoxy groups -OCH3 is 1. The van der Waals surface area contributed by atoms with Gasteiger partial charge in [-0.2, -0.15) is 0 Å². The lowest BCUT2D eigenvalue weighted by Gasteiger charge is -2.10. The lowest BCUT2D eigenvalue weighted by Crippen LogP contribution is -2.28. The zero-order valence-corrected chi connectivity index (χ0v) is 14.2. The number of aromatic nitrogens is 1. The highest BCUT2D eigenvalue weighted by Crippen LogP contribution is 2.32. The molecule has 22 heavy (non-hydrogen) atoms. The van der Waals surface area contributed by atoms with Crippen LogP contribution in [0, 0.1) is 13.8 Å². The first-order chi connectivity index (χ1) is 10.5. The van der Waals surface area contributed by atoms with Gasteiger partial charge < -0.3 is 15.4 Å². The number of rotatable bonds is 4. The molecule has 0 saturated carbocycles. The van der Waals surface area contributed by atoms with Crippen LogP contribution in [-0.2, 0) is 11.3 Å². The van der Waals surface area contributed by atoms with Crippen molar-refractivity contribution in [2.24, 2.45) is 0 Å². The monoisotopic (exact) mass is 335 g/mol. The van der Waals surface area contributed by atoms with E-state index in [1.54, 1.807) is 12.4 Å². The molecule has 0 atom stereocenters. The molecule has 2 N–H and O–H groups in total. The Morgan fingerprint density at radius 2 is 2.23 bits per heavy atom. The standard InChI is InChI=1S/C15H17N3O2S2/c1-9-10(2)22-13(12(9)14(19)20-3)18-15(21)17-8-11-5-4-6-16-7-11/h4-7H,8H2,1-3H3,(H2,17,18,21). The number of thiophene rings is 1. The number of carbonyl (C=O) groups is 1. The first kappa shape index (κ1) is 16.4. The van der Waals surface area contributed by atoms with Gasteiger partial charge >= 0.3 is 5.97 Å². The van der Waals surface area contributed by atoms with Gasteiger partial charge in [0.15, 0.2) is 5.11 Å². The molecular weight excluding hydrogens is 318 g/mol. The van der Waals surface area contributed by atoms with Crippen LogP contribution in [0.5, 0.6) is 0 Å². The molecular formula is C15H17N3O2S2. The summed E-state index contributed by atoms with van der Waals surface area (Å²) in [5.74, 6) is -0.362. The molecule has 0 aliphatic rings. The molecule has 0 bridgehead atoms. The van der Waals surface area contributed by atoms with E-state index < -0.39 is 0 Å². The van der Waals surface area contributed by atoms with Crippen molar-refractivity contribution in [3.05, 3.63) is 46.1 Å². The Labute approximate surface area is 138 Å². The Balaban J connectivity index is 2.05.